The number of nitrogens with two attached hydrogens (primary N) is 2. The number of rotatable bonds is 20. The zero-order chi connectivity index (χ0) is 44.5. The van der Waals surface area contributed by atoms with Crippen LogP contribution in [0.25, 0.3) is 11.2 Å². The Morgan fingerprint density at radius 1 is 0.919 bits per heavy atom. The first-order chi connectivity index (χ1) is 29.7. The number of nitrogens with zero attached hydrogens (tertiary/aromatic N) is 7. The number of amides is 6. The van der Waals surface area contributed by atoms with Gasteiger partial charge in [0.2, 0.25) is 17.8 Å². The predicted octanol–water partition coefficient (Wildman–Crippen LogP) is 2.50. The third kappa shape index (κ3) is 10.4. The number of nitrogen functional groups attached to an aromatic ring is 2. The fourth-order valence-corrected chi connectivity index (χ4v) is 7.40. The maximum Gasteiger partial charge on any atom is 0.326 e. The van der Waals surface area contributed by atoms with Crippen LogP contribution in [0.5, 0.6) is 0 Å². The normalized spacial score (nSPS) is 15.4. The van der Waals surface area contributed by atoms with Crippen LogP contribution in [0, 0.1) is 0 Å². The van der Waals surface area contributed by atoms with Crippen molar-refractivity contribution in [1.82, 2.24) is 40.4 Å². The van der Waals surface area contributed by atoms with Crippen LogP contribution in [0.1, 0.15) is 101 Å². The van der Waals surface area contributed by atoms with Crippen molar-refractivity contribution in [2.75, 3.05) is 48.9 Å². The second-order valence-corrected chi connectivity index (χ2v) is 15.3. The van der Waals surface area contributed by atoms with Crippen molar-refractivity contribution in [1.29, 1.82) is 0 Å². The fourth-order valence-electron chi connectivity index (χ4n) is 7.40. The number of fused-ring (bicyclic) bond motifs is 2. The van der Waals surface area contributed by atoms with Gasteiger partial charge in [0, 0.05) is 57.0 Å². The molecule has 1 saturated heterocycles. The zero-order valence-corrected chi connectivity index (χ0v) is 34.6. The van der Waals surface area contributed by atoms with Crippen LogP contribution in [-0.2, 0) is 25.7 Å². The van der Waals surface area contributed by atoms with Gasteiger partial charge >= 0.3 is 5.97 Å². The molecule has 2 aromatic heterocycles. The lowest BCUT2D eigenvalue weighted by atomic mass is 10.0. The number of likely N-dealkylation sites (N-methyl/N-ethyl adjacent to an activating group) is 1. The lowest BCUT2D eigenvalue weighted by Gasteiger charge is -2.32. The Balaban J connectivity index is 0.842. The zero-order valence-electron chi connectivity index (χ0n) is 34.6. The summed E-state index contributed by atoms with van der Waals surface area (Å²) < 4.78 is 0. The molecular formula is C42H50N12O8. The van der Waals surface area contributed by atoms with E-state index in [9.17, 15) is 38.7 Å². The van der Waals surface area contributed by atoms with Crippen LogP contribution in [0.2, 0.25) is 0 Å². The molecule has 8 N–H and O–H groups in total. The molecule has 0 radical (unpaired) electrons. The first-order valence-electron chi connectivity index (χ1n) is 20.4. The number of carbonyl (C=O) groups excluding carboxylic acids is 6. The van der Waals surface area contributed by atoms with Gasteiger partial charge in [-0.05, 0) is 62.1 Å². The van der Waals surface area contributed by atoms with Gasteiger partial charge in [-0.15, -0.1) is 0 Å². The average molecular weight is 851 g/mol. The summed E-state index contributed by atoms with van der Waals surface area (Å²) in [6.45, 7) is 1.37. The minimum absolute atomic E-state index is 0.00521. The van der Waals surface area contributed by atoms with Crippen molar-refractivity contribution < 1.29 is 38.7 Å². The third-order valence-corrected chi connectivity index (χ3v) is 10.9. The van der Waals surface area contributed by atoms with E-state index in [0.29, 0.717) is 36.5 Å². The molecule has 6 rings (SSSR count). The summed E-state index contributed by atoms with van der Waals surface area (Å²) in [5.41, 5.74) is 14.8. The van der Waals surface area contributed by atoms with Crippen molar-refractivity contribution >= 4 is 75.7 Å². The highest BCUT2D eigenvalue weighted by molar-refractivity contribution is 6.25. The highest BCUT2D eigenvalue weighted by atomic mass is 16.4. The molecule has 2 atom stereocenters. The number of nitrogens with one attached hydrogen (secondary N) is 3. The summed E-state index contributed by atoms with van der Waals surface area (Å²) in [4.78, 5) is 109. The number of likely N-dealkylation sites (tertiary alicyclic amines) is 1. The number of anilines is 4. The minimum atomic E-state index is -1.26. The molecule has 20 heteroatoms. The Morgan fingerprint density at radius 2 is 1.63 bits per heavy atom. The Morgan fingerprint density at radius 3 is 2.35 bits per heavy atom. The van der Waals surface area contributed by atoms with Crippen molar-refractivity contribution in [3.05, 3.63) is 71.0 Å². The summed E-state index contributed by atoms with van der Waals surface area (Å²) in [5, 5.41) is 18.3. The lowest BCUT2D eigenvalue weighted by molar-refractivity contribution is -0.149. The van der Waals surface area contributed by atoms with E-state index in [1.54, 1.807) is 48.7 Å². The maximum atomic E-state index is 13.4. The second kappa shape index (κ2) is 19.9. The minimum Gasteiger partial charge on any atom is -0.480 e. The smallest absolute Gasteiger partial charge is 0.326 e. The molecule has 0 aliphatic carbocycles. The number of aromatic nitrogens is 4. The van der Waals surface area contributed by atoms with E-state index < -0.39 is 41.7 Å². The molecule has 6 amide bonds. The number of imide groups is 2. The largest absolute Gasteiger partial charge is 0.480 e. The number of carbonyl (C=O) groups is 7. The molecule has 4 heterocycles. The number of unbranched alkanes of at least 4 members (excludes halogenated alkanes) is 5. The summed E-state index contributed by atoms with van der Waals surface area (Å²) in [7, 11) is 3.19. The number of benzene rings is 2. The van der Waals surface area contributed by atoms with E-state index in [-0.39, 0.29) is 71.6 Å². The van der Waals surface area contributed by atoms with E-state index in [1.807, 2.05) is 11.9 Å². The molecule has 0 bridgehead atoms. The van der Waals surface area contributed by atoms with E-state index in [4.69, 9.17) is 11.5 Å². The number of hydrogen-bond acceptors (Lipinski definition) is 15. The van der Waals surface area contributed by atoms with Gasteiger partial charge in [-0.25, -0.2) is 14.8 Å². The van der Waals surface area contributed by atoms with Gasteiger partial charge in [0.15, 0.2) is 17.0 Å². The van der Waals surface area contributed by atoms with Gasteiger partial charge in [-0.1, -0.05) is 31.7 Å². The van der Waals surface area contributed by atoms with Crippen molar-refractivity contribution in [2.24, 2.45) is 0 Å². The Labute approximate surface area is 356 Å². The fraction of sp³-hybridized carbons (Fsp3) is 0.405. The number of aliphatic carboxylic acids is 1. The Bertz CT molecular complexity index is 2380. The number of carboxylic acid groups (broad SMARTS) is 1. The molecule has 0 spiro atoms. The van der Waals surface area contributed by atoms with Crippen LogP contribution in [0.15, 0.2) is 48.7 Å². The third-order valence-electron chi connectivity index (χ3n) is 10.9. The van der Waals surface area contributed by atoms with E-state index in [1.165, 1.54) is 7.05 Å². The molecule has 4 aromatic rings. The topological polar surface area (TPSA) is 289 Å². The van der Waals surface area contributed by atoms with Gasteiger partial charge in [0.05, 0.1) is 29.6 Å². The predicted molar refractivity (Wildman–Crippen MR) is 228 cm³/mol. The number of hydrogen-bond donors (Lipinski definition) is 6. The van der Waals surface area contributed by atoms with Crippen LogP contribution < -0.4 is 32.3 Å². The lowest BCUT2D eigenvalue weighted by Crippen LogP contribution is -2.54. The van der Waals surface area contributed by atoms with Crippen LogP contribution in [-0.4, -0.2) is 116 Å². The van der Waals surface area contributed by atoms with Crippen molar-refractivity contribution in [3.8, 4) is 0 Å². The molecule has 2 aliphatic heterocycles. The molecule has 2 unspecified atom stereocenters. The Hall–Kier alpha value is -7.25. The molecule has 326 valence electrons. The summed E-state index contributed by atoms with van der Waals surface area (Å²) in [6, 6.07) is 9.32. The molecule has 62 heavy (non-hydrogen) atoms. The quantitative estimate of drug-likeness (QED) is 0.0550. The molecular weight excluding hydrogens is 801 g/mol. The van der Waals surface area contributed by atoms with Gasteiger partial charge in [0.25, 0.3) is 23.6 Å². The molecule has 20 nitrogen and oxygen atoms in total. The van der Waals surface area contributed by atoms with Crippen LogP contribution in [0.3, 0.4) is 0 Å². The standard InChI is InChI=1S/C42H50N12O8/c1-52(23-25-22-47-36-34(48-25)35(43)50-42(44)51-36)26-14-12-24(13-15-26)37(57)49-29(41(61)62)16-18-31(55)46-21-8-6-4-3-5-7-20-45-28-11-9-10-27-33(28)40(60)54(38(27)58)30-17-19-32(56)53(2)39(30)59/h9-15,22,29-30,45H,3-8,16-21,23H2,1-2H3,(H,46,55)(H,49,57)(H,61,62)(H4,43,44,47,50,51). The first kappa shape index (κ1) is 44.3. The number of carboxylic acids is 1. The highest BCUT2D eigenvalue weighted by Gasteiger charge is 2.47. The molecule has 2 aliphatic rings. The number of piperidine rings is 1. The van der Waals surface area contributed by atoms with E-state index in [2.05, 4.69) is 35.9 Å². The average Bonchev–Trinajstić information content (AvgIpc) is 3.50. The van der Waals surface area contributed by atoms with Crippen molar-refractivity contribution in [2.45, 2.75) is 82.8 Å². The van der Waals surface area contributed by atoms with Gasteiger partial charge < -0.3 is 37.4 Å². The SMILES string of the molecule is CN1C(=O)CCC(N2C(=O)c3cccc(NCCCCCCCCNC(=O)CCC(NC(=O)c4ccc(N(C)Cc5cnc6nc(N)nc(N)c6n5)cc4)C(=O)O)c3C2=O)C1=O. The Kier molecular flexibility index (Phi) is 14.2. The highest BCUT2D eigenvalue weighted by Crippen LogP contribution is 2.33. The molecule has 0 saturated carbocycles. The van der Waals surface area contributed by atoms with Gasteiger partial charge in [-0.3, -0.25) is 38.6 Å². The maximum absolute atomic E-state index is 13.4. The summed E-state index contributed by atoms with van der Waals surface area (Å²) in [5.74, 6) is -3.98. The summed E-state index contributed by atoms with van der Waals surface area (Å²) >= 11 is 0. The second-order valence-electron chi connectivity index (χ2n) is 15.3. The first-order valence-corrected chi connectivity index (χ1v) is 20.4. The van der Waals surface area contributed by atoms with Gasteiger partial charge in [0.1, 0.15) is 12.1 Å². The van der Waals surface area contributed by atoms with Crippen LogP contribution >= 0.6 is 0 Å². The van der Waals surface area contributed by atoms with Crippen molar-refractivity contribution in [3.63, 3.8) is 0 Å². The van der Waals surface area contributed by atoms with E-state index >= 15 is 0 Å². The van der Waals surface area contributed by atoms with E-state index in [0.717, 1.165) is 54.0 Å². The monoisotopic (exact) mass is 850 g/mol. The summed E-state index contributed by atoms with van der Waals surface area (Å²) in [6.07, 6.45) is 6.85. The molecule has 1 fully saturated rings. The van der Waals surface area contributed by atoms with Gasteiger partial charge in [-0.2, -0.15) is 9.97 Å². The molecule has 2 aromatic carbocycles. The van der Waals surface area contributed by atoms with Crippen LogP contribution in [0.4, 0.5) is 23.1 Å².